The summed E-state index contributed by atoms with van der Waals surface area (Å²) in [5.74, 6) is 0.730. The molecule has 0 aliphatic heterocycles. The first-order chi connectivity index (χ1) is 7.22. The van der Waals surface area contributed by atoms with Crippen molar-refractivity contribution in [2.75, 3.05) is 5.75 Å². The van der Waals surface area contributed by atoms with Gasteiger partial charge in [-0.2, -0.15) is 5.10 Å². The van der Waals surface area contributed by atoms with Crippen molar-refractivity contribution in [2.24, 2.45) is 0 Å². The standard InChI is InChI=1S/C11H16N2OS/c1-3-6-13-9-11(8-12-13)5-4-7-15-10(2)14/h4-5,8-9H,3,6-7H2,1-2H3. The van der Waals surface area contributed by atoms with Crippen LogP contribution in [0.15, 0.2) is 18.5 Å². The molecule has 0 saturated carbocycles. The molecule has 0 aliphatic rings. The van der Waals surface area contributed by atoms with E-state index in [0.29, 0.717) is 0 Å². The molecule has 1 aromatic rings. The zero-order valence-corrected chi connectivity index (χ0v) is 9.96. The van der Waals surface area contributed by atoms with E-state index in [1.165, 1.54) is 11.8 Å². The Kier molecular flexibility index (Phi) is 5.18. The highest BCUT2D eigenvalue weighted by Gasteiger charge is 1.94. The number of nitrogens with zero attached hydrogens (tertiary/aromatic N) is 2. The minimum absolute atomic E-state index is 0.154. The van der Waals surface area contributed by atoms with Crippen molar-refractivity contribution in [3.8, 4) is 0 Å². The molecule has 0 unspecified atom stereocenters. The van der Waals surface area contributed by atoms with Crippen molar-refractivity contribution in [1.29, 1.82) is 0 Å². The Morgan fingerprint density at radius 3 is 3.13 bits per heavy atom. The quantitative estimate of drug-likeness (QED) is 0.771. The second kappa shape index (κ2) is 6.45. The second-order valence-electron chi connectivity index (χ2n) is 3.24. The number of carbonyl (C=O) groups is 1. The van der Waals surface area contributed by atoms with Gasteiger partial charge in [0.2, 0.25) is 0 Å². The molecule has 82 valence electrons. The molecule has 0 aromatic carbocycles. The summed E-state index contributed by atoms with van der Waals surface area (Å²) in [4.78, 5) is 10.7. The highest BCUT2D eigenvalue weighted by Crippen LogP contribution is 2.05. The van der Waals surface area contributed by atoms with Crippen LogP contribution < -0.4 is 0 Å². The van der Waals surface area contributed by atoms with Crippen LogP contribution in [-0.2, 0) is 11.3 Å². The van der Waals surface area contributed by atoms with Gasteiger partial charge in [0.15, 0.2) is 5.12 Å². The monoisotopic (exact) mass is 224 g/mol. The molecular weight excluding hydrogens is 208 g/mol. The molecule has 4 heteroatoms. The van der Waals surface area contributed by atoms with Gasteiger partial charge in [0.25, 0.3) is 0 Å². The Balaban J connectivity index is 2.39. The topological polar surface area (TPSA) is 34.9 Å². The predicted molar refractivity (Wildman–Crippen MR) is 64.7 cm³/mol. The normalized spacial score (nSPS) is 11.1. The van der Waals surface area contributed by atoms with Crippen LogP contribution in [-0.4, -0.2) is 20.6 Å². The van der Waals surface area contributed by atoms with E-state index in [1.54, 1.807) is 6.92 Å². The Bertz CT molecular complexity index is 344. The molecule has 0 aliphatic carbocycles. The molecule has 0 bridgehead atoms. The van der Waals surface area contributed by atoms with Gasteiger partial charge in [-0.05, 0) is 6.42 Å². The molecule has 0 fully saturated rings. The summed E-state index contributed by atoms with van der Waals surface area (Å²) in [7, 11) is 0. The van der Waals surface area contributed by atoms with Crippen LogP contribution in [0.25, 0.3) is 6.08 Å². The highest BCUT2D eigenvalue weighted by atomic mass is 32.2. The van der Waals surface area contributed by atoms with E-state index in [0.717, 1.165) is 24.3 Å². The summed E-state index contributed by atoms with van der Waals surface area (Å²) in [6.07, 6.45) is 8.92. The maximum absolute atomic E-state index is 10.7. The zero-order valence-electron chi connectivity index (χ0n) is 9.14. The van der Waals surface area contributed by atoms with Crippen molar-refractivity contribution in [2.45, 2.75) is 26.8 Å². The van der Waals surface area contributed by atoms with Gasteiger partial charge in [0.1, 0.15) is 0 Å². The summed E-state index contributed by atoms with van der Waals surface area (Å²) in [6.45, 7) is 4.66. The summed E-state index contributed by atoms with van der Waals surface area (Å²) in [5, 5.41) is 4.37. The maximum Gasteiger partial charge on any atom is 0.186 e. The highest BCUT2D eigenvalue weighted by molar-refractivity contribution is 8.13. The lowest BCUT2D eigenvalue weighted by Gasteiger charge is -1.93. The van der Waals surface area contributed by atoms with Crippen molar-refractivity contribution in [3.05, 3.63) is 24.0 Å². The van der Waals surface area contributed by atoms with E-state index < -0.39 is 0 Å². The third kappa shape index (κ3) is 4.83. The number of hydrogen-bond donors (Lipinski definition) is 0. The number of rotatable bonds is 5. The fraction of sp³-hybridized carbons (Fsp3) is 0.455. The molecule has 0 atom stereocenters. The molecule has 0 spiro atoms. The zero-order chi connectivity index (χ0) is 11.1. The number of aryl methyl sites for hydroxylation is 1. The first kappa shape index (κ1) is 12.0. The Labute approximate surface area is 94.6 Å². The van der Waals surface area contributed by atoms with Crippen LogP contribution in [0.3, 0.4) is 0 Å². The molecule has 1 rings (SSSR count). The van der Waals surface area contributed by atoms with Crippen molar-refractivity contribution in [1.82, 2.24) is 9.78 Å². The van der Waals surface area contributed by atoms with Crippen LogP contribution in [0.1, 0.15) is 25.8 Å². The lowest BCUT2D eigenvalue weighted by Crippen LogP contribution is -1.95. The summed E-state index contributed by atoms with van der Waals surface area (Å²) < 4.78 is 1.93. The number of carbonyl (C=O) groups excluding carboxylic acids is 1. The first-order valence-corrected chi connectivity index (χ1v) is 6.03. The maximum atomic E-state index is 10.7. The molecule has 1 heterocycles. The van der Waals surface area contributed by atoms with Crippen LogP contribution in [0.4, 0.5) is 0 Å². The van der Waals surface area contributed by atoms with E-state index >= 15 is 0 Å². The predicted octanol–water partition coefficient (Wildman–Crippen LogP) is 2.59. The van der Waals surface area contributed by atoms with Crippen LogP contribution in [0.2, 0.25) is 0 Å². The average Bonchev–Trinajstić information content (AvgIpc) is 2.61. The smallest absolute Gasteiger partial charge is 0.186 e. The Morgan fingerprint density at radius 1 is 1.67 bits per heavy atom. The lowest BCUT2D eigenvalue weighted by molar-refractivity contribution is -0.109. The molecule has 0 amide bonds. The SMILES string of the molecule is CCCn1cc(C=CCSC(C)=O)cn1. The van der Waals surface area contributed by atoms with E-state index in [-0.39, 0.29) is 5.12 Å². The summed E-state index contributed by atoms with van der Waals surface area (Å²) in [5.41, 5.74) is 1.09. The molecule has 0 N–H and O–H groups in total. The Morgan fingerprint density at radius 2 is 2.47 bits per heavy atom. The third-order valence-electron chi connectivity index (χ3n) is 1.80. The van der Waals surface area contributed by atoms with E-state index in [2.05, 4.69) is 12.0 Å². The van der Waals surface area contributed by atoms with Crippen molar-refractivity contribution >= 4 is 23.0 Å². The van der Waals surface area contributed by atoms with E-state index in [1.807, 2.05) is 29.2 Å². The van der Waals surface area contributed by atoms with Gasteiger partial charge in [-0.1, -0.05) is 30.8 Å². The minimum atomic E-state index is 0.154. The number of thioether (sulfide) groups is 1. The van der Waals surface area contributed by atoms with Gasteiger partial charge in [-0.25, -0.2) is 0 Å². The van der Waals surface area contributed by atoms with Crippen molar-refractivity contribution < 1.29 is 4.79 Å². The fourth-order valence-electron chi connectivity index (χ4n) is 1.17. The summed E-state index contributed by atoms with van der Waals surface area (Å²) in [6, 6.07) is 0. The largest absolute Gasteiger partial charge is 0.288 e. The van der Waals surface area contributed by atoms with Gasteiger partial charge in [-0.15, -0.1) is 0 Å². The number of hydrogen-bond acceptors (Lipinski definition) is 3. The van der Waals surface area contributed by atoms with Gasteiger partial charge in [0.05, 0.1) is 6.20 Å². The van der Waals surface area contributed by atoms with Gasteiger partial charge < -0.3 is 0 Å². The molecule has 3 nitrogen and oxygen atoms in total. The summed E-state index contributed by atoms with van der Waals surface area (Å²) >= 11 is 1.31. The van der Waals surface area contributed by atoms with Crippen LogP contribution in [0, 0.1) is 0 Å². The molecule has 0 saturated heterocycles. The first-order valence-electron chi connectivity index (χ1n) is 5.04. The number of aromatic nitrogens is 2. The van der Waals surface area contributed by atoms with Gasteiger partial charge >= 0.3 is 0 Å². The van der Waals surface area contributed by atoms with Crippen molar-refractivity contribution in [3.63, 3.8) is 0 Å². The third-order valence-corrected chi connectivity index (χ3v) is 2.56. The van der Waals surface area contributed by atoms with Gasteiger partial charge in [0, 0.05) is 31.0 Å². The lowest BCUT2D eigenvalue weighted by atomic mass is 10.3. The molecular formula is C11H16N2OS. The van der Waals surface area contributed by atoms with Gasteiger partial charge in [-0.3, -0.25) is 9.48 Å². The second-order valence-corrected chi connectivity index (χ2v) is 4.44. The molecule has 15 heavy (non-hydrogen) atoms. The Hall–Kier alpha value is -1.03. The van der Waals surface area contributed by atoms with E-state index in [9.17, 15) is 4.79 Å². The minimum Gasteiger partial charge on any atom is -0.288 e. The van der Waals surface area contributed by atoms with Crippen LogP contribution >= 0.6 is 11.8 Å². The average molecular weight is 224 g/mol. The molecule has 0 radical (unpaired) electrons. The van der Waals surface area contributed by atoms with Crippen LogP contribution in [0.5, 0.6) is 0 Å². The molecule has 1 aromatic heterocycles. The van der Waals surface area contributed by atoms with E-state index in [4.69, 9.17) is 0 Å². The fourth-order valence-corrected chi connectivity index (χ4v) is 1.59.